The van der Waals surface area contributed by atoms with E-state index in [1.165, 1.54) is 5.56 Å². The molecule has 5 heteroatoms. The third kappa shape index (κ3) is 4.72. The van der Waals surface area contributed by atoms with E-state index in [1.807, 2.05) is 31.2 Å². The Balaban J connectivity index is 1.86. The largest absolute Gasteiger partial charge is 0.441 e. The molecule has 1 amide bonds. The molecule has 0 aliphatic rings. The lowest BCUT2D eigenvalue weighted by molar-refractivity contribution is -0.121. The summed E-state index contributed by atoms with van der Waals surface area (Å²) in [6, 6.07) is 8.06. The number of nitrogens with one attached hydrogen (secondary N) is 1. The van der Waals surface area contributed by atoms with Crippen LogP contribution in [0.5, 0.6) is 0 Å². The highest BCUT2D eigenvalue weighted by molar-refractivity contribution is 5.76. The van der Waals surface area contributed by atoms with Crippen molar-refractivity contribution in [3.63, 3.8) is 0 Å². The zero-order valence-electron chi connectivity index (χ0n) is 12.3. The molecule has 0 aliphatic heterocycles. The van der Waals surface area contributed by atoms with Crippen molar-refractivity contribution in [2.24, 2.45) is 5.73 Å². The molecule has 2 aromatic rings. The quantitative estimate of drug-likeness (QED) is 0.764. The molecular weight excluding hydrogens is 266 g/mol. The molecule has 2 rings (SSSR count). The Morgan fingerprint density at radius 1 is 1.33 bits per heavy atom. The van der Waals surface area contributed by atoms with E-state index in [4.69, 9.17) is 10.2 Å². The molecule has 0 atom stereocenters. The van der Waals surface area contributed by atoms with Gasteiger partial charge in [-0.1, -0.05) is 29.8 Å². The zero-order valence-corrected chi connectivity index (χ0v) is 12.3. The first-order valence-corrected chi connectivity index (χ1v) is 7.17. The predicted octanol–water partition coefficient (Wildman–Crippen LogP) is 2.05. The number of oxazole rings is 1. The van der Waals surface area contributed by atoms with Crippen LogP contribution in [0.15, 0.2) is 34.9 Å². The van der Waals surface area contributed by atoms with Crippen molar-refractivity contribution < 1.29 is 9.21 Å². The smallest absolute Gasteiger partial charge is 0.220 e. The van der Waals surface area contributed by atoms with Gasteiger partial charge in [0, 0.05) is 24.9 Å². The highest BCUT2D eigenvalue weighted by Gasteiger charge is 2.08. The van der Waals surface area contributed by atoms with Crippen molar-refractivity contribution >= 4 is 5.91 Å². The van der Waals surface area contributed by atoms with E-state index in [0.29, 0.717) is 31.8 Å². The van der Waals surface area contributed by atoms with Crippen molar-refractivity contribution in [2.45, 2.75) is 26.2 Å². The van der Waals surface area contributed by atoms with Crippen LogP contribution in [-0.2, 0) is 11.2 Å². The lowest BCUT2D eigenvalue weighted by atomic mass is 10.1. The summed E-state index contributed by atoms with van der Waals surface area (Å²) in [4.78, 5) is 15.8. The number of nitrogens with two attached hydrogens (primary N) is 1. The van der Waals surface area contributed by atoms with Gasteiger partial charge in [0.15, 0.2) is 11.7 Å². The van der Waals surface area contributed by atoms with Crippen LogP contribution in [-0.4, -0.2) is 24.0 Å². The zero-order chi connectivity index (χ0) is 15.1. The van der Waals surface area contributed by atoms with Gasteiger partial charge in [0.2, 0.25) is 5.91 Å². The molecule has 0 unspecified atom stereocenters. The Kier molecular flexibility index (Phi) is 5.51. The fraction of sp³-hybridized carbons (Fsp3) is 0.375. The van der Waals surface area contributed by atoms with Gasteiger partial charge < -0.3 is 15.5 Å². The molecule has 0 saturated heterocycles. The molecule has 1 aromatic carbocycles. The first-order valence-electron chi connectivity index (χ1n) is 7.17. The van der Waals surface area contributed by atoms with Crippen LogP contribution in [0.2, 0.25) is 0 Å². The fourth-order valence-electron chi connectivity index (χ4n) is 1.92. The van der Waals surface area contributed by atoms with Crippen molar-refractivity contribution in [2.75, 3.05) is 13.1 Å². The number of rotatable bonds is 7. The summed E-state index contributed by atoms with van der Waals surface area (Å²) in [6.45, 7) is 3.24. The Labute approximate surface area is 124 Å². The Morgan fingerprint density at radius 3 is 2.81 bits per heavy atom. The van der Waals surface area contributed by atoms with Gasteiger partial charge in [-0.3, -0.25) is 4.79 Å². The summed E-state index contributed by atoms with van der Waals surface area (Å²) in [7, 11) is 0. The SMILES string of the molecule is Cc1ccc(-c2cnc(CCC(=O)NCCCN)o2)cc1. The van der Waals surface area contributed by atoms with Crippen molar-refractivity contribution in [1.82, 2.24) is 10.3 Å². The van der Waals surface area contributed by atoms with E-state index in [-0.39, 0.29) is 5.91 Å². The van der Waals surface area contributed by atoms with Crippen LogP contribution in [0, 0.1) is 6.92 Å². The lowest BCUT2D eigenvalue weighted by Gasteiger charge is -2.02. The first kappa shape index (κ1) is 15.3. The number of carbonyl (C=O) groups is 1. The highest BCUT2D eigenvalue weighted by Crippen LogP contribution is 2.21. The van der Waals surface area contributed by atoms with Gasteiger partial charge in [0.1, 0.15) is 0 Å². The lowest BCUT2D eigenvalue weighted by Crippen LogP contribution is -2.26. The minimum Gasteiger partial charge on any atom is -0.441 e. The van der Waals surface area contributed by atoms with Gasteiger partial charge >= 0.3 is 0 Å². The van der Waals surface area contributed by atoms with E-state index in [9.17, 15) is 4.79 Å². The van der Waals surface area contributed by atoms with Crippen LogP contribution in [0.25, 0.3) is 11.3 Å². The third-order valence-corrected chi connectivity index (χ3v) is 3.16. The first-order chi connectivity index (χ1) is 10.2. The number of hydrogen-bond acceptors (Lipinski definition) is 4. The second-order valence-electron chi connectivity index (χ2n) is 4.98. The van der Waals surface area contributed by atoms with Gasteiger partial charge in [-0.25, -0.2) is 4.98 Å². The highest BCUT2D eigenvalue weighted by atomic mass is 16.4. The van der Waals surface area contributed by atoms with E-state index >= 15 is 0 Å². The Bertz CT molecular complexity index is 575. The van der Waals surface area contributed by atoms with Gasteiger partial charge in [0.25, 0.3) is 0 Å². The standard InChI is InChI=1S/C16H21N3O2/c1-12-3-5-13(6-4-12)14-11-19-16(21-14)8-7-15(20)18-10-2-9-17/h3-6,11H,2,7-10,17H2,1H3,(H,18,20). The number of aryl methyl sites for hydroxylation is 2. The summed E-state index contributed by atoms with van der Waals surface area (Å²) >= 11 is 0. The van der Waals surface area contributed by atoms with Crippen LogP contribution in [0.4, 0.5) is 0 Å². The van der Waals surface area contributed by atoms with E-state index in [2.05, 4.69) is 10.3 Å². The molecule has 1 heterocycles. The van der Waals surface area contributed by atoms with Crippen LogP contribution in [0.3, 0.4) is 0 Å². The second kappa shape index (κ2) is 7.59. The van der Waals surface area contributed by atoms with E-state index in [0.717, 1.165) is 17.7 Å². The molecule has 112 valence electrons. The summed E-state index contributed by atoms with van der Waals surface area (Å²) < 4.78 is 5.67. The molecule has 1 aromatic heterocycles. The molecule has 0 fully saturated rings. The molecule has 0 spiro atoms. The molecule has 5 nitrogen and oxygen atoms in total. The molecule has 3 N–H and O–H groups in total. The van der Waals surface area contributed by atoms with Crippen molar-refractivity contribution in [3.05, 3.63) is 41.9 Å². The Hall–Kier alpha value is -2.14. The molecular formula is C16H21N3O2. The number of nitrogens with zero attached hydrogens (tertiary/aromatic N) is 1. The average Bonchev–Trinajstić information content (AvgIpc) is 2.95. The average molecular weight is 287 g/mol. The van der Waals surface area contributed by atoms with Crippen molar-refractivity contribution in [1.29, 1.82) is 0 Å². The number of benzene rings is 1. The molecule has 21 heavy (non-hydrogen) atoms. The molecule has 0 saturated carbocycles. The van der Waals surface area contributed by atoms with Gasteiger partial charge in [-0.2, -0.15) is 0 Å². The molecule has 0 aliphatic carbocycles. The Morgan fingerprint density at radius 2 is 2.10 bits per heavy atom. The van der Waals surface area contributed by atoms with Crippen molar-refractivity contribution in [3.8, 4) is 11.3 Å². The maximum absolute atomic E-state index is 11.6. The van der Waals surface area contributed by atoms with Crippen LogP contribution in [0.1, 0.15) is 24.3 Å². The maximum atomic E-state index is 11.6. The minimum atomic E-state index is -0.00136. The van der Waals surface area contributed by atoms with Crippen LogP contribution < -0.4 is 11.1 Å². The van der Waals surface area contributed by atoms with Gasteiger partial charge in [-0.05, 0) is 19.9 Å². The fourth-order valence-corrected chi connectivity index (χ4v) is 1.92. The minimum absolute atomic E-state index is 0.00136. The number of hydrogen-bond donors (Lipinski definition) is 2. The number of amides is 1. The number of carbonyl (C=O) groups excluding carboxylic acids is 1. The topological polar surface area (TPSA) is 81.2 Å². The van der Waals surface area contributed by atoms with Gasteiger partial charge in [0.05, 0.1) is 6.20 Å². The van der Waals surface area contributed by atoms with Gasteiger partial charge in [-0.15, -0.1) is 0 Å². The monoisotopic (exact) mass is 287 g/mol. The maximum Gasteiger partial charge on any atom is 0.220 e. The normalized spacial score (nSPS) is 10.6. The van der Waals surface area contributed by atoms with E-state index < -0.39 is 0 Å². The van der Waals surface area contributed by atoms with Crippen LogP contribution >= 0.6 is 0 Å². The summed E-state index contributed by atoms with van der Waals surface area (Å²) in [5.74, 6) is 1.31. The summed E-state index contributed by atoms with van der Waals surface area (Å²) in [5, 5.41) is 2.81. The molecule has 0 bridgehead atoms. The van der Waals surface area contributed by atoms with E-state index in [1.54, 1.807) is 6.20 Å². The third-order valence-electron chi connectivity index (χ3n) is 3.16. The summed E-state index contributed by atoms with van der Waals surface area (Å²) in [5.41, 5.74) is 7.56. The second-order valence-corrected chi connectivity index (χ2v) is 4.98. The number of aromatic nitrogens is 1. The molecule has 0 radical (unpaired) electrons. The summed E-state index contributed by atoms with van der Waals surface area (Å²) in [6.07, 6.45) is 3.37. The predicted molar refractivity (Wildman–Crippen MR) is 81.7 cm³/mol.